The van der Waals surface area contributed by atoms with Gasteiger partial charge in [0.1, 0.15) is 5.60 Å². The van der Waals surface area contributed by atoms with Gasteiger partial charge in [-0.1, -0.05) is 0 Å². The molecular weight excluding hydrogens is 378 g/mol. The number of amides is 2. The number of ketones is 1. The summed E-state index contributed by atoms with van der Waals surface area (Å²) in [5.74, 6) is 0.574. The van der Waals surface area contributed by atoms with E-state index in [2.05, 4.69) is 5.32 Å². The van der Waals surface area contributed by atoms with Gasteiger partial charge >= 0.3 is 6.09 Å². The fourth-order valence-electron chi connectivity index (χ4n) is 3.14. The smallest absolute Gasteiger partial charge is 0.410 e. The minimum Gasteiger partial charge on any atom is -0.454 e. The fourth-order valence-corrected chi connectivity index (χ4v) is 3.14. The molecule has 2 amide bonds. The number of benzene rings is 1. The largest absolute Gasteiger partial charge is 0.454 e. The number of hydrogen-bond donors (Lipinski definition) is 1. The third-order valence-electron chi connectivity index (χ3n) is 4.56. The molecule has 2 aliphatic heterocycles. The predicted molar refractivity (Wildman–Crippen MR) is 105 cm³/mol. The van der Waals surface area contributed by atoms with Crippen LogP contribution in [0.15, 0.2) is 12.1 Å². The zero-order chi connectivity index (χ0) is 21.2. The van der Waals surface area contributed by atoms with Crippen molar-refractivity contribution in [1.29, 1.82) is 0 Å². The summed E-state index contributed by atoms with van der Waals surface area (Å²) in [5, 5.41) is 2.79. The van der Waals surface area contributed by atoms with E-state index in [1.807, 2.05) is 25.7 Å². The Balaban J connectivity index is 1.55. The van der Waals surface area contributed by atoms with Crippen molar-refractivity contribution in [2.75, 3.05) is 44.8 Å². The van der Waals surface area contributed by atoms with Gasteiger partial charge in [0.15, 0.2) is 17.3 Å². The summed E-state index contributed by atoms with van der Waals surface area (Å²) in [6, 6.07) is 3.19. The van der Waals surface area contributed by atoms with Crippen LogP contribution in [0, 0.1) is 0 Å². The quantitative estimate of drug-likeness (QED) is 0.766. The second kappa shape index (κ2) is 8.28. The van der Waals surface area contributed by atoms with Crippen molar-refractivity contribution in [2.45, 2.75) is 33.3 Å². The Morgan fingerprint density at radius 2 is 1.69 bits per heavy atom. The van der Waals surface area contributed by atoms with Crippen molar-refractivity contribution in [1.82, 2.24) is 9.80 Å². The molecule has 2 aliphatic rings. The lowest BCUT2D eigenvalue weighted by atomic mass is 10.1. The van der Waals surface area contributed by atoms with Crippen molar-refractivity contribution in [3.05, 3.63) is 17.7 Å². The van der Waals surface area contributed by atoms with E-state index < -0.39 is 5.60 Å². The van der Waals surface area contributed by atoms with E-state index >= 15 is 0 Å². The zero-order valence-corrected chi connectivity index (χ0v) is 17.2. The summed E-state index contributed by atoms with van der Waals surface area (Å²) in [5.41, 5.74) is 0.240. The number of carbonyl (C=O) groups excluding carboxylic acids is 3. The van der Waals surface area contributed by atoms with Crippen LogP contribution in [-0.4, -0.2) is 72.7 Å². The molecule has 0 spiro atoms. The third kappa shape index (κ3) is 5.38. The van der Waals surface area contributed by atoms with Crippen LogP contribution in [0.3, 0.4) is 0 Å². The van der Waals surface area contributed by atoms with Gasteiger partial charge in [-0.15, -0.1) is 0 Å². The van der Waals surface area contributed by atoms with Crippen molar-refractivity contribution in [2.24, 2.45) is 0 Å². The summed E-state index contributed by atoms with van der Waals surface area (Å²) in [4.78, 5) is 40.2. The molecule has 1 N–H and O–H groups in total. The number of rotatable bonds is 4. The molecule has 0 aromatic heterocycles. The molecule has 9 heteroatoms. The maximum absolute atomic E-state index is 12.5. The van der Waals surface area contributed by atoms with Crippen LogP contribution in [0.2, 0.25) is 0 Å². The Labute approximate surface area is 169 Å². The number of fused-ring (bicyclic) bond motifs is 1. The molecule has 9 nitrogen and oxygen atoms in total. The number of carbonyl (C=O) groups is 3. The number of nitrogens with one attached hydrogen (secondary N) is 1. The molecule has 1 fully saturated rings. The highest BCUT2D eigenvalue weighted by atomic mass is 16.7. The maximum Gasteiger partial charge on any atom is 0.410 e. The molecule has 158 valence electrons. The van der Waals surface area contributed by atoms with Gasteiger partial charge in [-0.2, -0.15) is 0 Å². The molecule has 3 rings (SSSR count). The number of hydrogen-bond acceptors (Lipinski definition) is 7. The first-order valence-electron chi connectivity index (χ1n) is 9.57. The van der Waals surface area contributed by atoms with Gasteiger partial charge < -0.3 is 24.4 Å². The van der Waals surface area contributed by atoms with Gasteiger partial charge in [-0.05, 0) is 33.8 Å². The zero-order valence-electron chi connectivity index (χ0n) is 17.2. The van der Waals surface area contributed by atoms with Crippen LogP contribution in [0.4, 0.5) is 10.5 Å². The summed E-state index contributed by atoms with van der Waals surface area (Å²) in [7, 11) is 0. The fraction of sp³-hybridized carbons (Fsp3) is 0.550. The third-order valence-corrected chi connectivity index (χ3v) is 4.56. The Morgan fingerprint density at radius 3 is 2.28 bits per heavy atom. The first-order chi connectivity index (χ1) is 13.6. The topological polar surface area (TPSA) is 97.4 Å². The number of piperazine rings is 1. The van der Waals surface area contributed by atoms with Gasteiger partial charge in [0, 0.05) is 37.8 Å². The lowest BCUT2D eigenvalue weighted by Crippen LogP contribution is -2.51. The van der Waals surface area contributed by atoms with E-state index in [-0.39, 0.29) is 31.1 Å². The van der Waals surface area contributed by atoms with Crippen LogP contribution in [-0.2, 0) is 9.53 Å². The Kier molecular flexibility index (Phi) is 5.97. The number of Topliss-reactive ketones (excluding diaryl/α,β-unsaturated/α-hetero) is 1. The van der Waals surface area contributed by atoms with Gasteiger partial charge in [0.2, 0.25) is 12.7 Å². The van der Waals surface area contributed by atoms with E-state index in [0.29, 0.717) is 48.9 Å². The summed E-state index contributed by atoms with van der Waals surface area (Å²) < 4.78 is 16.0. The average molecular weight is 405 g/mol. The lowest BCUT2D eigenvalue weighted by Gasteiger charge is -2.35. The highest BCUT2D eigenvalue weighted by Crippen LogP contribution is 2.37. The van der Waals surface area contributed by atoms with Crippen molar-refractivity contribution < 1.29 is 28.6 Å². The highest BCUT2D eigenvalue weighted by Gasteiger charge is 2.27. The van der Waals surface area contributed by atoms with Crippen LogP contribution in [0.25, 0.3) is 0 Å². The molecule has 0 unspecified atom stereocenters. The highest BCUT2D eigenvalue weighted by molar-refractivity contribution is 6.05. The SMILES string of the molecule is CC(=O)c1cc2c(cc1NC(=O)CN1CCN(C(=O)OC(C)(C)C)CC1)OCO2. The number of ether oxygens (including phenoxy) is 3. The van der Waals surface area contributed by atoms with Crippen molar-refractivity contribution in [3.8, 4) is 11.5 Å². The van der Waals surface area contributed by atoms with E-state index in [1.54, 1.807) is 17.0 Å². The van der Waals surface area contributed by atoms with Crippen LogP contribution in [0.1, 0.15) is 38.1 Å². The molecule has 0 radical (unpaired) electrons. The van der Waals surface area contributed by atoms with E-state index in [9.17, 15) is 14.4 Å². The minimum absolute atomic E-state index is 0.0893. The number of nitrogens with zero attached hydrogens (tertiary/aromatic N) is 2. The average Bonchev–Trinajstić information content (AvgIpc) is 3.07. The maximum atomic E-state index is 12.5. The predicted octanol–water partition coefficient (Wildman–Crippen LogP) is 2.11. The minimum atomic E-state index is -0.535. The monoisotopic (exact) mass is 405 g/mol. The molecule has 1 aromatic carbocycles. The van der Waals surface area contributed by atoms with E-state index in [0.717, 1.165) is 0 Å². The van der Waals surface area contributed by atoms with Crippen LogP contribution < -0.4 is 14.8 Å². The second-order valence-corrected chi connectivity index (χ2v) is 8.10. The first-order valence-corrected chi connectivity index (χ1v) is 9.57. The number of anilines is 1. The molecule has 2 heterocycles. The first kappa shape index (κ1) is 20.9. The molecule has 0 aliphatic carbocycles. The normalized spacial score (nSPS) is 16.5. The van der Waals surface area contributed by atoms with Crippen molar-refractivity contribution in [3.63, 3.8) is 0 Å². The molecule has 0 atom stereocenters. The van der Waals surface area contributed by atoms with Gasteiger partial charge in [-0.3, -0.25) is 14.5 Å². The Morgan fingerprint density at radius 1 is 1.07 bits per heavy atom. The molecule has 29 heavy (non-hydrogen) atoms. The summed E-state index contributed by atoms with van der Waals surface area (Å²) in [6.45, 7) is 9.28. The van der Waals surface area contributed by atoms with Crippen LogP contribution >= 0.6 is 0 Å². The second-order valence-electron chi connectivity index (χ2n) is 8.10. The van der Waals surface area contributed by atoms with Gasteiger partial charge in [0.25, 0.3) is 0 Å². The Hall–Kier alpha value is -2.81. The summed E-state index contributed by atoms with van der Waals surface area (Å²) in [6.07, 6.45) is -0.340. The molecular formula is C20H27N3O6. The van der Waals surface area contributed by atoms with Gasteiger partial charge in [-0.25, -0.2) is 4.79 Å². The molecule has 0 bridgehead atoms. The van der Waals surface area contributed by atoms with Crippen molar-refractivity contribution >= 4 is 23.5 Å². The molecule has 1 saturated heterocycles. The lowest BCUT2D eigenvalue weighted by molar-refractivity contribution is -0.117. The van der Waals surface area contributed by atoms with E-state index in [1.165, 1.54) is 6.92 Å². The molecule has 0 saturated carbocycles. The van der Waals surface area contributed by atoms with Crippen LogP contribution in [0.5, 0.6) is 11.5 Å². The van der Waals surface area contributed by atoms with Gasteiger partial charge in [0.05, 0.1) is 12.2 Å². The molecule has 1 aromatic rings. The standard InChI is InChI=1S/C20H27N3O6/c1-13(24)14-9-16-17(28-12-27-16)10-15(14)21-18(25)11-22-5-7-23(8-6-22)19(26)29-20(2,3)4/h9-10H,5-8,11-12H2,1-4H3,(H,21,25). The van der Waals surface area contributed by atoms with E-state index in [4.69, 9.17) is 14.2 Å². The summed E-state index contributed by atoms with van der Waals surface area (Å²) >= 11 is 0. The Bertz CT molecular complexity index is 809.